The zero-order valence-corrected chi connectivity index (χ0v) is 13.5. The third kappa shape index (κ3) is 6.04. The van der Waals surface area contributed by atoms with Crippen molar-refractivity contribution in [2.45, 2.75) is 65.8 Å². The fourth-order valence-corrected chi connectivity index (χ4v) is 2.55. The first-order chi connectivity index (χ1) is 9.45. The lowest BCUT2D eigenvalue weighted by Gasteiger charge is -2.32. The predicted octanol–water partition coefficient (Wildman–Crippen LogP) is 5.47. The zero-order valence-electron chi connectivity index (χ0n) is 13.5. The van der Waals surface area contributed by atoms with Gasteiger partial charge in [0.25, 0.3) is 0 Å². The van der Waals surface area contributed by atoms with Gasteiger partial charge in [0.15, 0.2) is 0 Å². The Morgan fingerprint density at radius 3 is 2.15 bits per heavy atom. The van der Waals surface area contributed by atoms with Crippen LogP contribution in [0, 0.1) is 11.2 Å². The first kappa shape index (κ1) is 17.2. The van der Waals surface area contributed by atoms with E-state index in [0.717, 1.165) is 6.54 Å². The summed E-state index contributed by atoms with van der Waals surface area (Å²) in [5.41, 5.74) is 1.30. The number of rotatable bonds is 8. The number of halogens is 1. The van der Waals surface area contributed by atoms with Gasteiger partial charge in [0.05, 0.1) is 0 Å². The maximum atomic E-state index is 13.1. The van der Waals surface area contributed by atoms with E-state index in [1.807, 2.05) is 12.1 Å². The minimum Gasteiger partial charge on any atom is -0.309 e. The van der Waals surface area contributed by atoms with Gasteiger partial charge in [-0.1, -0.05) is 65.5 Å². The predicted molar refractivity (Wildman–Crippen MR) is 85.4 cm³/mol. The van der Waals surface area contributed by atoms with Crippen LogP contribution < -0.4 is 5.32 Å². The molecule has 1 atom stereocenters. The van der Waals surface area contributed by atoms with Gasteiger partial charge in [0.1, 0.15) is 5.82 Å². The van der Waals surface area contributed by atoms with Crippen LogP contribution in [0.4, 0.5) is 4.39 Å². The molecule has 114 valence electrons. The minimum absolute atomic E-state index is 0.126. The molecule has 0 aromatic heterocycles. The average molecular weight is 279 g/mol. The van der Waals surface area contributed by atoms with Gasteiger partial charge in [-0.25, -0.2) is 4.39 Å². The van der Waals surface area contributed by atoms with E-state index in [1.54, 1.807) is 12.1 Å². The summed E-state index contributed by atoms with van der Waals surface area (Å²) in [6.07, 6.45) is 6.46. The van der Waals surface area contributed by atoms with Crippen LogP contribution in [0.1, 0.15) is 71.4 Å². The number of unbranched alkanes of at least 4 members (excludes halogenated alkanes) is 4. The number of benzene rings is 1. The molecule has 2 heteroatoms. The van der Waals surface area contributed by atoms with Crippen molar-refractivity contribution >= 4 is 0 Å². The van der Waals surface area contributed by atoms with E-state index in [9.17, 15) is 4.39 Å². The molecular formula is C18H30FN. The Kier molecular flexibility index (Phi) is 7.22. The highest BCUT2D eigenvalue weighted by Crippen LogP contribution is 2.32. The average Bonchev–Trinajstić information content (AvgIpc) is 2.38. The molecule has 1 aromatic rings. The second kappa shape index (κ2) is 8.41. The molecule has 0 spiro atoms. The summed E-state index contributed by atoms with van der Waals surface area (Å²) >= 11 is 0. The summed E-state index contributed by atoms with van der Waals surface area (Å²) < 4.78 is 13.1. The minimum atomic E-state index is -0.166. The van der Waals surface area contributed by atoms with E-state index in [2.05, 4.69) is 33.0 Å². The normalized spacial score (nSPS) is 13.4. The van der Waals surface area contributed by atoms with Crippen LogP contribution >= 0.6 is 0 Å². The second-order valence-electron chi connectivity index (χ2n) is 6.72. The third-order valence-electron chi connectivity index (χ3n) is 3.70. The van der Waals surface area contributed by atoms with Crippen molar-refractivity contribution in [2.24, 2.45) is 5.41 Å². The van der Waals surface area contributed by atoms with Gasteiger partial charge in [-0.05, 0) is 36.1 Å². The highest BCUT2D eigenvalue weighted by Gasteiger charge is 2.25. The zero-order chi connectivity index (χ0) is 15.0. The lowest BCUT2D eigenvalue weighted by Crippen LogP contribution is -2.33. The molecule has 0 aliphatic rings. The molecule has 0 bridgehead atoms. The molecule has 0 aliphatic heterocycles. The molecule has 0 radical (unpaired) electrons. The molecule has 1 N–H and O–H groups in total. The van der Waals surface area contributed by atoms with E-state index >= 15 is 0 Å². The molecule has 1 nitrogen and oxygen atoms in total. The van der Waals surface area contributed by atoms with Gasteiger partial charge in [0, 0.05) is 6.04 Å². The fraction of sp³-hybridized carbons (Fsp3) is 0.667. The van der Waals surface area contributed by atoms with E-state index in [4.69, 9.17) is 0 Å². The summed E-state index contributed by atoms with van der Waals surface area (Å²) in [7, 11) is 0. The maximum absolute atomic E-state index is 13.1. The summed E-state index contributed by atoms with van der Waals surface area (Å²) in [6.45, 7) is 9.95. The molecule has 0 heterocycles. The summed E-state index contributed by atoms with van der Waals surface area (Å²) in [5.74, 6) is -0.166. The van der Waals surface area contributed by atoms with Crippen molar-refractivity contribution < 1.29 is 4.39 Å². The smallest absolute Gasteiger partial charge is 0.123 e. The molecular weight excluding hydrogens is 249 g/mol. The maximum Gasteiger partial charge on any atom is 0.123 e. The van der Waals surface area contributed by atoms with Crippen LogP contribution in [0.25, 0.3) is 0 Å². The standard InChI is InChI=1S/C18H30FN/c1-5-6-7-8-9-14-20-17(18(2,3)4)15-10-12-16(19)13-11-15/h10-13,17,20H,5-9,14H2,1-4H3. The molecule has 1 rings (SSSR count). The van der Waals surface area contributed by atoms with E-state index in [1.165, 1.54) is 37.7 Å². The Bertz CT molecular complexity index is 364. The van der Waals surface area contributed by atoms with Gasteiger partial charge in [-0.2, -0.15) is 0 Å². The van der Waals surface area contributed by atoms with Gasteiger partial charge in [-0.3, -0.25) is 0 Å². The second-order valence-corrected chi connectivity index (χ2v) is 6.72. The van der Waals surface area contributed by atoms with Crippen molar-refractivity contribution in [3.05, 3.63) is 35.6 Å². The highest BCUT2D eigenvalue weighted by molar-refractivity contribution is 5.21. The molecule has 0 amide bonds. The quantitative estimate of drug-likeness (QED) is 0.622. The van der Waals surface area contributed by atoms with Crippen molar-refractivity contribution in [3.8, 4) is 0 Å². The van der Waals surface area contributed by atoms with E-state index in [0.29, 0.717) is 0 Å². The van der Waals surface area contributed by atoms with Crippen LogP contribution in [0.2, 0.25) is 0 Å². The molecule has 1 aromatic carbocycles. The van der Waals surface area contributed by atoms with E-state index in [-0.39, 0.29) is 17.3 Å². The summed E-state index contributed by atoms with van der Waals surface area (Å²) in [5, 5.41) is 3.65. The number of nitrogens with one attached hydrogen (secondary N) is 1. The third-order valence-corrected chi connectivity index (χ3v) is 3.70. The number of hydrogen-bond acceptors (Lipinski definition) is 1. The van der Waals surface area contributed by atoms with Crippen LogP contribution in [-0.2, 0) is 0 Å². The van der Waals surface area contributed by atoms with Gasteiger partial charge < -0.3 is 5.32 Å². The molecule has 0 saturated heterocycles. The van der Waals surface area contributed by atoms with Crippen molar-refractivity contribution in [2.75, 3.05) is 6.54 Å². The monoisotopic (exact) mass is 279 g/mol. The van der Waals surface area contributed by atoms with Crippen LogP contribution in [0.3, 0.4) is 0 Å². The SMILES string of the molecule is CCCCCCCNC(c1ccc(F)cc1)C(C)(C)C. The summed E-state index contributed by atoms with van der Waals surface area (Å²) in [4.78, 5) is 0. The fourth-order valence-electron chi connectivity index (χ4n) is 2.55. The summed E-state index contributed by atoms with van der Waals surface area (Å²) in [6, 6.07) is 7.17. The van der Waals surface area contributed by atoms with Gasteiger partial charge in [-0.15, -0.1) is 0 Å². The molecule has 0 fully saturated rings. The van der Waals surface area contributed by atoms with Crippen molar-refractivity contribution in [1.82, 2.24) is 5.32 Å². The van der Waals surface area contributed by atoms with Gasteiger partial charge in [0.2, 0.25) is 0 Å². The lowest BCUT2D eigenvalue weighted by molar-refractivity contribution is 0.271. The Balaban J connectivity index is 2.51. The Morgan fingerprint density at radius 2 is 1.60 bits per heavy atom. The van der Waals surface area contributed by atoms with Crippen LogP contribution in [-0.4, -0.2) is 6.54 Å². The Morgan fingerprint density at radius 1 is 1.00 bits per heavy atom. The lowest BCUT2D eigenvalue weighted by atomic mass is 9.82. The van der Waals surface area contributed by atoms with Crippen LogP contribution in [0.5, 0.6) is 0 Å². The molecule has 1 unspecified atom stereocenters. The molecule has 0 saturated carbocycles. The Labute approximate surface area is 124 Å². The topological polar surface area (TPSA) is 12.0 Å². The Hall–Kier alpha value is -0.890. The molecule has 0 aliphatic carbocycles. The van der Waals surface area contributed by atoms with Crippen molar-refractivity contribution in [3.63, 3.8) is 0 Å². The largest absolute Gasteiger partial charge is 0.309 e. The first-order valence-electron chi connectivity index (χ1n) is 7.94. The van der Waals surface area contributed by atoms with Gasteiger partial charge >= 0.3 is 0 Å². The van der Waals surface area contributed by atoms with E-state index < -0.39 is 0 Å². The first-order valence-corrected chi connectivity index (χ1v) is 7.94. The molecule has 20 heavy (non-hydrogen) atoms. The van der Waals surface area contributed by atoms with Crippen LogP contribution in [0.15, 0.2) is 24.3 Å². The van der Waals surface area contributed by atoms with Crippen molar-refractivity contribution in [1.29, 1.82) is 0 Å². The number of hydrogen-bond donors (Lipinski definition) is 1. The highest BCUT2D eigenvalue weighted by atomic mass is 19.1.